The molecule has 5 heteroatoms. The van der Waals surface area contributed by atoms with Crippen LogP contribution in [0.4, 0.5) is 0 Å². The van der Waals surface area contributed by atoms with E-state index in [9.17, 15) is 9.59 Å². The normalized spacial score (nSPS) is 9.31. The highest BCUT2D eigenvalue weighted by molar-refractivity contribution is 5.69. The minimum absolute atomic E-state index is 0.259. The van der Waals surface area contributed by atoms with Crippen molar-refractivity contribution < 1.29 is 19.1 Å². The van der Waals surface area contributed by atoms with E-state index in [1.54, 1.807) is 7.11 Å². The minimum Gasteiger partial charge on any atom is -0.463 e. The molecule has 0 aromatic heterocycles. The zero-order valence-electron chi connectivity index (χ0n) is 7.75. The lowest BCUT2D eigenvalue weighted by molar-refractivity contribution is -0.145. The predicted molar refractivity (Wildman–Crippen MR) is 46.1 cm³/mol. The van der Waals surface area contributed by atoms with Crippen molar-refractivity contribution in [3.05, 3.63) is 0 Å². The van der Waals surface area contributed by atoms with Gasteiger partial charge in [-0.05, 0) is 6.42 Å². The first-order chi connectivity index (χ1) is 6.31. The summed E-state index contributed by atoms with van der Waals surface area (Å²) in [6, 6.07) is 0. The molecule has 0 saturated heterocycles. The Morgan fingerprint density at radius 1 is 1.46 bits per heavy atom. The Hall–Kier alpha value is -1.10. The smallest absolute Gasteiger partial charge is 0.305 e. The van der Waals surface area contributed by atoms with Gasteiger partial charge in [0.05, 0.1) is 6.61 Å². The van der Waals surface area contributed by atoms with Crippen LogP contribution in [0.5, 0.6) is 0 Å². The Labute approximate surface area is 77.4 Å². The first-order valence-electron chi connectivity index (χ1n) is 4.13. The summed E-state index contributed by atoms with van der Waals surface area (Å²) < 4.78 is 9.48. The molecule has 76 valence electrons. The van der Waals surface area contributed by atoms with Crippen LogP contribution in [0, 0.1) is 0 Å². The fourth-order valence-electron chi connectivity index (χ4n) is 0.705. The number of rotatable bonds is 8. The number of methoxy groups -OCH3 is 1. The number of hydrogen-bond acceptors (Lipinski definition) is 4. The van der Waals surface area contributed by atoms with E-state index in [2.05, 4.69) is 5.32 Å². The van der Waals surface area contributed by atoms with Gasteiger partial charge in [0.2, 0.25) is 6.41 Å². The fraction of sp³-hybridized carbons (Fsp3) is 0.750. The number of hydrogen-bond donors (Lipinski definition) is 1. The predicted octanol–water partition coefficient (Wildman–Crippen LogP) is -0.298. The van der Waals surface area contributed by atoms with Gasteiger partial charge in [0.25, 0.3) is 0 Å². The van der Waals surface area contributed by atoms with Crippen molar-refractivity contribution in [3.63, 3.8) is 0 Å². The van der Waals surface area contributed by atoms with Crippen molar-refractivity contribution in [1.29, 1.82) is 0 Å². The average Bonchev–Trinajstić information content (AvgIpc) is 2.13. The largest absolute Gasteiger partial charge is 0.463 e. The summed E-state index contributed by atoms with van der Waals surface area (Å²) in [6.45, 7) is 1.21. The molecule has 1 N–H and O–H groups in total. The number of nitrogens with one attached hydrogen (secondary N) is 1. The monoisotopic (exact) mass is 189 g/mol. The quantitative estimate of drug-likeness (QED) is 0.323. The molecule has 0 heterocycles. The number of carbonyl (C=O) groups is 2. The maximum atomic E-state index is 10.9. The van der Waals surface area contributed by atoms with Gasteiger partial charge in [-0.3, -0.25) is 9.59 Å². The Balaban J connectivity index is 3.15. The van der Waals surface area contributed by atoms with E-state index < -0.39 is 0 Å². The summed E-state index contributed by atoms with van der Waals surface area (Å²) in [4.78, 5) is 20.7. The van der Waals surface area contributed by atoms with Crippen LogP contribution < -0.4 is 5.32 Å². The van der Waals surface area contributed by atoms with Gasteiger partial charge in [0, 0.05) is 20.1 Å². The van der Waals surface area contributed by atoms with Crippen LogP contribution in [0.3, 0.4) is 0 Å². The summed E-state index contributed by atoms with van der Waals surface area (Å²) >= 11 is 0. The highest BCUT2D eigenvalue weighted by Crippen LogP contribution is 1.91. The molecule has 1 amide bonds. The molecule has 5 nitrogen and oxygen atoms in total. The summed E-state index contributed by atoms with van der Waals surface area (Å²) in [5, 5.41) is 2.46. The Morgan fingerprint density at radius 2 is 2.23 bits per heavy atom. The van der Waals surface area contributed by atoms with Gasteiger partial charge in [0.1, 0.15) is 6.61 Å². The van der Waals surface area contributed by atoms with Crippen molar-refractivity contribution in [2.45, 2.75) is 12.8 Å². The standard InChI is InChI=1S/C8H15NO4/c1-12-5-6-13-8(11)3-2-4-9-7-10/h7H,2-6H2,1H3,(H,9,10). The lowest BCUT2D eigenvalue weighted by Gasteiger charge is -2.03. The number of ether oxygens (including phenoxy) is 2. The third-order valence-corrected chi connectivity index (χ3v) is 1.34. The molecule has 0 aliphatic rings. The molecule has 13 heavy (non-hydrogen) atoms. The van der Waals surface area contributed by atoms with E-state index in [4.69, 9.17) is 9.47 Å². The number of carbonyl (C=O) groups excluding carboxylic acids is 2. The van der Waals surface area contributed by atoms with Crippen molar-refractivity contribution in [2.24, 2.45) is 0 Å². The Bertz CT molecular complexity index is 149. The summed E-state index contributed by atoms with van der Waals surface area (Å²) in [5.41, 5.74) is 0. The van der Waals surface area contributed by atoms with Gasteiger partial charge in [-0.25, -0.2) is 0 Å². The molecule has 0 unspecified atom stereocenters. The van der Waals surface area contributed by atoms with Crippen LogP contribution in [-0.4, -0.2) is 39.2 Å². The summed E-state index contributed by atoms with van der Waals surface area (Å²) in [5.74, 6) is -0.259. The van der Waals surface area contributed by atoms with E-state index in [1.165, 1.54) is 0 Å². The van der Waals surface area contributed by atoms with Crippen LogP contribution in [0.1, 0.15) is 12.8 Å². The molecule has 0 aliphatic carbocycles. The second kappa shape index (κ2) is 8.99. The van der Waals surface area contributed by atoms with E-state index in [-0.39, 0.29) is 12.6 Å². The van der Waals surface area contributed by atoms with Crippen LogP contribution >= 0.6 is 0 Å². The van der Waals surface area contributed by atoms with Crippen LogP contribution in [-0.2, 0) is 19.1 Å². The number of esters is 1. The van der Waals surface area contributed by atoms with Crippen molar-refractivity contribution >= 4 is 12.4 Å². The van der Waals surface area contributed by atoms with E-state index >= 15 is 0 Å². The second-order valence-corrected chi connectivity index (χ2v) is 2.39. The maximum absolute atomic E-state index is 10.9. The zero-order chi connectivity index (χ0) is 9.94. The topological polar surface area (TPSA) is 64.6 Å². The van der Waals surface area contributed by atoms with Gasteiger partial charge in [0.15, 0.2) is 0 Å². The molecule has 0 saturated carbocycles. The van der Waals surface area contributed by atoms with Gasteiger partial charge in [-0.1, -0.05) is 0 Å². The highest BCUT2D eigenvalue weighted by atomic mass is 16.6. The highest BCUT2D eigenvalue weighted by Gasteiger charge is 2.00. The molecular formula is C8H15NO4. The van der Waals surface area contributed by atoms with Crippen LogP contribution in [0.2, 0.25) is 0 Å². The van der Waals surface area contributed by atoms with Gasteiger partial charge in [-0.15, -0.1) is 0 Å². The fourth-order valence-corrected chi connectivity index (χ4v) is 0.705. The first-order valence-corrected chi connectivity index (χ1v) is 4.13. The summed E-state index contributed by atoms with van der Waals surface area (Å²) in [7, 11) is 1.54. The van der Waals surface area contributed by atoms with Gasteiger partial charge >= 0.3 is 5.97 Å². The van der Waals surface area contributed by atoms with Crippen LogP contribution in [0.15, 0.2) is 0 Å². The van der Waals surface area contributed by atoms with E-state index in [0.717, 1.165) is 0 Å². The lowest BCUT2D eigenvalue weighted by atomic mass is 10.3. The van der Waals surface area contributed by atoms with Crippen molar-refractivity contribution in [3.8, 4) is 0 Å². The molecule has 0 aromatic carbocycles. The summed E-state index contributed by atoms with van der Waals surface area (Å²) in [6.07, 6.45) is 1.53. The second-order valence-electron chi connectivity index (χ2n) is 2.39. The molecule has 0 rings (SSSR count). The Kier molecular flexibility index (Phi) is 8.23. The lowest BCUT2D eigenvalue weighted by Crippen LogP contribution is -2.15. The first kappa shape index (κ1) is 11.9. The third kappa shape index (κ3) is 8.81. The van der Waals surface area contributed by atoms with E-state index in [1.807, 2.05) is 0 Å². The zero-order valence-corrected chi connectivity index (χ0v) is 7.75. The SMILES string of the molecule is COCCOC(=O)CCCNC=O. The minimum atomic E-state index is -0.259. The van der Waals surface area contributed by atoms with Crippen molar-refractivity contribution in [1.82, 2.24) is 5.32 Å². The van der Waals surface area contributed by atoms with Crippen molar-refractivity contribution in [2.75, 3.05) is 26.9 Å². The van der Waals surface area contributed by atoms with Gasteiger partial charge in [-0.2, -0.15) is 0 Å². The molecule has 0 radical (unpaired) electrons. The molecule has 0 bridgehead atoms. The number of amides is 1. The molecule has 0 spiro atoms. The maximum Gasteiger partial charge on any atom is 0.305 e. The molecule has 0 aromatic rings. The molecule has 0 atom stereocenters. The van der Waals surface area contributed by atoms with E-state index in [0.29, 0.717) is 32.4 Å². The van der Waals surface area contributed by atoms with Crippen LogP contribution in [0.25, 0.3) is 0 Å². The molecule has 0 fully saturated rings. The third-order valence-electron chi connectivity index (χ3n) is 1.34. The van der Waals surface area contributed by atoms with Gasteiger partial charge < -0.3 is 14.8 Å². The molecular weight excluding hydrogens is 174 g/mol. The average molecular weight is 189 g/mol. The Morgan fingerprint density at radius 3 is 2.85 bits per heavy atom. The molecule has 0 aliphatic heterocycles.